The van der Waals surface area contributed by atoms with E-state index in [1.54, 1.807) is 24.3 Å². The predicted molar refractivity (Wildman–Crippen MR) is 182 cm³/mol. The van der Waals surface area contributed by atoms with Gasteiger partial charge >= 0.3 is 0 Å². The Labute approximate surface area is 280 Å². The number of ketones is 1. The van der Waals surface area contributed by atoms with Crippen molar-refractivity contribution in [3.63, 3.8) is 0 Å². The zero-order valence-electron chi connectivity index (χ0n) is 26.4. The first kappa shape index (κ1) is 33.0. The minimum absolute atomic E-state index is 0.0894. The van der Waals surface area contributed by atoms with Gasteiger partial charge in [0, 0.05) is 44.1 Å². The molecule has 1 N–H and O–H groups in total. The van der Waals surface area contributed by atoms with Gasteiger partial charge in [0.05, 0.1) is 12.1 Å². The summed E-state index contributed by atoms with van der Waals surface area (Å²) in [6.45, 7) is 1.64. The molecule has 1 aliphatic heterocycles. The molecule has 0 bridgehead atoms. The van der Waals surface area contributed by atoms with Crippen LogP contribution in [0.25, 0.3) is 16.9 Å². The Morgan fingerprint density at radius 3 is 1.94 bits per heavy atom. The molecule has 6 rings (SSSR count). The molecule has 0 atom stereocenters. The molecule has 1 aromatic heterocycles. The van der Waals surface area contributed by atoms with E-state index in [0.29, 0.717) is 18.7 Å². The maximum absolute atomic E-state index is 13.9. The van der Waals surface area contributed by atoms with Crippen LogP contribution in [0.4, 0.5) is 18.9 Å². The normalized spacial score (nSPS) is 13.4. The van der Waals surface area contributed by atoms with Crippen molar-refractivity contribution in [2.75, 3.05) is 31.1 Å². The van der Waals surface area contributed by atoms with Crippen molar-refractivity contribution in [2.24, 2.45) is 0 Å². The van der Waals surface area contributed by atoms with Gasteiger partial charge in [0.2, 0.25) is 5.78 Å². The third kappa shape index (κ3) is 7.65. The van der Waals surface area contributed by atoms with E-state index in [1.165, 1.54) is 21.7 Å². The Bertz CT molecular complexity index is 2050. The number of aliphatic hydroxyl groups excluding tert-OH is 1. The van der Waals surface area contributed by atoms with Crippen LogP contribution in [0, 0.1) is 17.5 Å². The van der Waals surface area contributed by atoms with E-state index in [1.807, 2.05) is 60.7 Å². The van der Waals surface area contributed by atoms with Crippen molar-refractivity contribution < 1.29 is 27.9 Å². The molecule has 4 aromatic carbocycles. The third-order valence-electron chi connectivity index (χ3n) is 8.45. The van der Waals surface area contributed by atoms with Crippen molar-refractivity contribution in [2.45, 2.75) is 13.0 Å². The summed E-state index contributed by atoms with van der Waals surface area (Å²) in [4.78, 5) is 43.2. The lowest BCUT2D eigenvalue weighted by Crippen LogP contribution is -2.50. The number of benzene rings is 4. The molecule has 1 saturated heterocycles. The molecule has 0 saturated carbocycles. The van der Waals surface area contributed by atoms with E-state index in [0.717, 1.165) is 40.6 Å². The number of rotatable bonds is 9. The van der Waals surface area contributed by atoms with Gasteiger partial charge in [-0.1, -0.05) is 72.8 Å². The molecular formula is C39H32F3N3O4. The summed E-state index contributed by atoms with van der Waals surface area (Å²) >= 11 is 0. The molecule has 0 aliphatic carbocycles. The lowest BCUT2D eigenvalue weighted by atomic mass is 10.0. The lowest BCUT2D eigenvalue weighted by molar-refractivity contribution is -0.142. The Balaban J connectivity index is 1.18. The smallest absolute Gasteiger partial charge is 0.294 e. The summed E-state index contributed by atoms with van der Waals surface area (Å²) < 4.78 is 42.7. The van der Waals surface area contributed by atoms with Crippen LogP contribution in [0.1, 0.15) is 22.3 Å². The molecule has 7 nitrogen and oxygen atoms in total. The highest BCUT2D eigenvalue weighted by molar-refractivity contribution is 6.41. The van der Waals surface area contributed by atoms with Crippen molar-refractivity contribution in [3.8, 4) is 11.1 Å². The molecule has 49 heavy (non-hydrogen) atoms. The number of pyridine rings is 1. The van der Waals surface area contributed by atoms with Crippen LogP contribution in [-0.4, -0.2) is 52.4 Å². The lowest BCUT2D eigenvalue weighted by Gasteiger charge is -2.35. The number of hydrogen-bond donors (Lipinski definition) is 1. The molecule has 1 aliphatic rings. The Morgan fingerprint density at radius 2 is 1.31 bits per heavy atom. The quantitative estimate of drug-likeness (QED) is 0.0856. The highest BCUT2D eigenvalue weighted by atomic mass is 19.2. The minimum Gasteiger partial charge on any atom is -0.507 e. The fourth-order valence-corrected chi connectivity index (χ4v) is 5.90. The zero-order chi connectivity index (χ0) is 34.5. The van der Waals surface area contributed by atoms with Gasteiger partial charge in [-0.15, -0.1) is 0 Å². The van der Waals surface area contributed by atoms with E-state index in [9.17, 15) is 32.7 Å². The van der Waals surface area contributed by atoms with Gasteiger partial charge in [0.25, 0.3) is 11.5 Å². The van der Waals surface area contributed by atoms with E-state index in [2.05, 4.69) is 4.90 Å². The van der Waals surface area contributed by atoms with Crippen molar-refractivity contribution in [1.82, 2.24) is 9.47 Å². The average Bonchev–Trinajstić information content (AvgIpc) is 3.12. The van der Waals surface area contributed by atoms with Gasteiger partial charge in [0.15, 0.2) is 17.5 Å². The molecule has 1 fully saturated rings. The number of nitrogens with zero attached hydrogens (tertiary/aromatic N) is 3. The highest BCUT2D eigenvalue weighted by Gasteiger charge is 2.26. The van der Waals surface area contributed by atoms with E-state index >= 15 is 0 Å². The summed E-state index contributed by atoms with van der Waals surface area (Å²) in [6, 6.07) is 30.1. The first-order valence-corrected chi connectivity index (χ1v) is 15.7. The number of carbonyl (C=O) groups is 2. The van der Waals surface area contributed by atoms with E-state index in [4.69, 9.17) is 0 Å². The summed E-state index contributed by atoms with van der Waals surface area (Å²) in [5.74, 6) is -6.85. The fourth-order valence-electron chi connectivity index (χ4n) is 5.90. The molecule has 0 spiro atoms. The van der Waals surface area contributed by atoms with Crippen LogP contribution in [-0.2, 0) is 22.6 Å². The molecule has 5 aromatic rings. The number of aromatic nitrogens is 1. The Kier molecular flexibility index (Phi) is 9.75. The van der Waals surface area contributed by atoms with Gasteiger partial charge in [-0.3, -0.25) is 14.4 Å². The minimum atomic E-state index is -1.60. The van der Waals surface area contributed by atoms with Crippen LogP contribution in [0.5, 0.6) is 0 Å². The molecule has 2 heterocycles. The number of aliphatic hydroxyl groups is 1. The topological polar surface area (TPSA) is 82.8 Å². The largest absolute Gasteiger partial charge is 0.507 e. The monoisotopic (exact) mass is 663 g/mol. The van der Waals surface area contributed by atoms with Crippen molar-refractivity contribution >= 4 is 23.1 Å². The van der Waals surface area contributed by atoms with E-state index < -0.39 is 40.5 Å². The third-order valence-corrected chi connectivity index (χ3v) is 8.45. The molecule has 248 valence electrons. The highest BCUT2D eigenvalue weighted by Crippen LogP contribution is 2.24. The second-order valence-electron chi connectivity index (χ2n) is 11.8. The van der Waals surface area contributed by atoms with Crippen LogP contribution in [0.2, 0.25) is 0 Å². The van der Waals surface area contributed by atoms with Gasteiger partial charge in [-0.2, -0.15) is 0 Å². The number of anilines is 1. The molecular weight excluding hydrogens is 631 g/mol. The SMILES string of the molecule is O=C(/C=C(/O)c1cc(Cc2cc(F)c(F)c(F)c2)cn(Cc2ccccc2)c1=O)C(=O)N1CCN(c2ccc(-c3ccccc3)cc2)CC1. The van der Waals surface area contributed by atoms with E-state index in [-0.39, 0.29) is 37.2 Å². The molecule has 0 radical (unpaired) electrons. The maximum Gasteiger partial charge on any atom is 0.294 e. The first-order valence-electron chi connectivity index (χ1n) is 15.7. The number of carbonyl (C=O) groups excluding carboxylic acids is 2. The first-order chi connectivity index (χ1) is 23.7. The summed E-state index contributed by atoms with van der Waals surface area (Å²) in [6.07, 6.45) is 2.07. The molecule has 10 heteroatoms. The summed E-state index contributed by atoms with van der Waals surface area (Å²) in [7, 11) is 0. The maximum atomic E-state index is 13.9. The van der Waals surface area contributed by atoms with Crippen molar-refractivity contribution in [3.05, 3.63) is 165 Å². The fraction of sp³-hybridized carbons (Fsp3) is 0.154. The van der Waals surface area contributed by atoms with Gasteiger partial charge in [-0.25, -0.2) is 13.2 Å². The summed E-state index contributed by atoms with van der Waals surface area (Å²) in [5.41, 5.74) is 3.47. The number of amides is 1. The predicted octanol–water partition coefficient (Wildman–Crippen LogP) is 6.39. The number of hydrogen-bond acceptors (Lipinski definition) is 5. The van der Waals surface area contributed by atoms with Gasteiger partial charge in [0.1, 0.15) is 5.76 Å². The number of halogens is 3. The van der Waals surface area contributed by atoms with Gasteiger partial charge < -0.3 is 19.5 Å². The second kappa shape index (κ2) is 14.5. The summed E-state index contributed by atoms with van der Waals surface area (Å²) in [5, 5.41) is 11.0. The number of piperazine rings is 1. The zero-order valence-corrected chi connectivity index (χ0v) is 26.4. The van der Waals surface area contributed by atoms with Crippen LogP contribution < -0.4 is 10.5 Å². The average molecular weight is 664 g/mol. The van der Waals surface area contributed by atoms with Crippen LogP contribution in [0.3, 0.4) is 0 Å². The van der Waals surface area contributed by atoms with Crippen molar-refractivity contribution in [1.29, 1.82) is 0 Å². The standard InChI is InChI=1S/C39H32F3N3O4/c40-33-21-27(22-34(41)37(33)42)19-28-20-32(38(48)45(25-28)24-26-7-3-1-4-8-26)35(46)23-36(47)39(49)44-17-15-43(16-18-44)31-13-11-30(12-14-31)29-9-5-2-6-10-29/h1-14,20-23,25,46H,15-19,24H2/b35-23+. The van der Waals surface area contributed by atoms with Crippen LogP contribution >= 0.6 is 0 Å². The van der Waals surface area contributed by atoms with Crippen LogP contribution in [0.15, 0.2) is 120 Å². The second-order valence-corrected chi connectivity index (χ2v) is 11.8. The Hall–Kier alpha value is -5.90. The Morgan fingerprint density at radius 1 is 0.714 bits per heavy atom. The molecule has 1 amide bonds. The van der Waals surface area contributed by atoms with Gasteiger partial charge in [-0.05, 0) is 64.6 Å². The molecule has 0 unspecified atom stereocenters.